The van der Waals surface area contributed by atoms with Gasteiger partial charge in [0.2, 0.25) is 0 Å². The highest BCUT2D eigenvalue weighted by atomic mass is 79.9. The van der Waals surface area contributed by atoms with Crippen molar-refractivity contribution in [3.8, 4) is 5.75 Å². The lowest BCUT2D eigenvalue weighted by molar-refractivity contribution is 0.263. The number of ether oxygens (including phenoxy) is 1. The first-order chi connectivity index (χ1) is 7.79. The predicted octanol–water partition coefficient (Wildman–Crippen LogP) is 3.24. The van der Waals surface area contributed by atoms with Gasteiger partial charge in [0.25, 0.3) is 0 Å². The fourth-order valence-electron chi connectivity index (χ4n) is 2.24. The molecule has 0 aliphatic carbocycles. The molecule has 16 heavy (non-hydrogen) atoms. The van der Waals surface area contributed by atoms with Gasteiger partial charge in [-0.3, -0.25) is 4.98 Å². The molecule has 1 aromatic carbocycles. The van der Waals surface area contributed by atoms with Crippen LogP contribution in [0.25, 0.3) is 10.9 Å². The number of benzene rings is 1. The van der Waals surface area contributed by atoms with Crippen molar-refractivity contribution in [2.75, 3.05) is 5.33 Å². The summed E-state index contributed by atoms with van der Waals surface area (Å²) in [4.78, 5) is 4.62. The monoisotopic (exact) mass is 277 g/mol. The topological polar surface area (TPSA) is 22.1 Å². The molecule has 1 aliphatic heterocycles. The number of alkyl halides is 1. The van der Waals surface area contributed by atoms with Gasteiger partial charge in [-0.2, -0.15) is 0 Å². The standard InChI is InChI=1S/C13H12BrNO/c1-8-11-6-9(7-14)16-13(11)10-4-2-3-5-12(10)15-8/h2-5,9H,6-7H2,1H3. The zero-order valence-electron chi connectivity index (χ0n) is 9.03. The Labute approximate surface area is 103 Å². The number of rotatable bonds is 1. The molecular weight excluding hydrogens is 266 g/mol. The Hall–Kier alpha value is -1.09. The predicted molar refractivity (Wildman–Crippen MR) is 68.4 cm³/mol. The molecule has 2 aromatic rings. The third kappa shape index (κ3) is 1.42. The maximum Gasteiger partial charge on any atom is 0.134 e. The quantitative estimate of drug-likeness (QED) is 0.747. The molecule has 0 fully saturated rings. The van der Waals surface area contributed by atoms with E-state index in [1.807, 2.05) is 18.2 Å². The van der Waals surface area contributed by atoms with Crippen LogP contribution >= 0.6 is 15.9 Å². The second-order valence-electron chi connectivity index (χ2n) is 4.12. The number of aromatic nitrogens is 1. The molecule has 0 saturated heterocycles. The molecule has 0 bridgehead atoms. The summed E-state index contributed by atoms with van der Waals surface area (Å²) in [6.45, 7) is 2.06. The van der Waals surface area contributed by atoms with E-state index in [0.29, 0.717) is 0 Å². The zero-order valence-corrected chi connectivity index (χ0v) is 10.6. The van der Waals surface area contributed by atoms with Crippen molar-refractivity contribution < 1.29 is 4.74 Å². The van der Waals surface area contributed by atoms with E-state index < -0.39 is 0 Å². The fraction of sp³-hybridized carbons (Fsp3) is 0.308. The molecule has 0 amide bonds. The van der Waals surface area contributed by atoms with Crippen LogP contribution in [0, 0.1) is 6.92 Å². The van der Waals surface area contributed by atoms with E-state index in [4.69, 9.17) is 4.74 Å². The molecule has 82 valence electrons. The molecule has 2 nitrogen and oxygen atoms in total. The van der Waals surface area contributed by atoms with Crippen molar-refractivity contribution >= 4 is 26.8 Å². The van der Waals surface area contributed by atoms with E-state index in [1.165, 1.54) is 5.56 Å². The van der Waals surface area contributed by atoms with Gasteiger partial charge in [0.15, 0.2) is 0 Å². The summed E-state index contributed by atoms with van der Waals surface area (Å²) in [5, 5.41) is 2.00. The first-order valence-corrected chi connectivity index (χ1v) is 6.52. The fourth-order valence-corrected chi connectivity index (χ4v) is 2.60. The molecular formula is C13H12BrNO. The minimum Gasteiger partial charge on any atom is -0.488 e. The van der Waals surface area contributed by atoms with Crippen LogP contribution in [0.5, 0.6) is 5.75 Å². The average molecular weight is 278 g/mol. The van der Waals surface area contributed by atoms with E-state index in [9.17, 15) is 0 Å². The van der Waals surface area contributed by atoms with E-state index in [-0.39, 0.29) is 6.10 Å². The number of pyridine rings is 1. The first kappa shape index (κ1) is 10.1. The van der Waals surface area contributed by atoms with Crippen LogP contribution in [0.2, 0.25) is 0 Å². The largest absolute Gasteiger partial charge is 0.488 e. The van der Waals surface area contributed by atoms with Crippen LogP contribution in [0.1, 0.15) is 11.3 Å². The SMILES string of the molecule is Cc1nc2ccccc2c2c1CC(CBr)O2. The summed E-state index contributed by atoms with van der Waals surface area (Å²) in [7, 11) is 0. The third-order valence-electron chi connectivity index (χ3n) is 3.04. The minimum atomic E-state index is 0.251. The highest BCUT2D eigenvalue weighted by molar-refractivity contribution is 9.09. The Morgan fingerprint density at radius 2 is 2.25 bits per heavy atom. The van der Waals surface area contributed by atoms with Crippen molar-refractivity contribution in [2.45, 2.75) is 19.4 Å². The van der Waals surface area contributed by atoms with Crippen molar-refractivity contribution in [3.63, 3.8) is 0 Å². The summed E-state index contributed by atoms with van der Waals surface area (Å²) in [6, 6.07) is 8.16. The van der Waals surface area contributed by atoms with Crippen LogP contribution in [-0.4, -0.2) is 16.4 Å². The van der Waals surface area contributed by atoms with Crippen molar-refractivity contribution in [1.29, 1.82) is 0 Å². The normalized spacial score (nSPS) is 18.5. The number of aryl methyl sites for hydroxylation is 1. The minimum absolute atomic E-state index is 0.251. The van der Waals surface area contributed by atoms with Gasteiger partial charge in [0.05, 0.1) is 5.52 Å². The van der Waals surface area contributed by atoms with Gasteiger partial charge >= 0.3 is 0 Å². The summed E-state index contributed by atoms with van der Waals surface area (Å²) in [5.74, 6) is 1.03. The first-order valence-electron chi connectivity index (χ1n) is 5.40. The third-order valence-corrected chi connectivity index (χ3v) is 3.76. The highest BCUT2D eigenvalue weighted by Crippen LogP contribution is 2.37. The van der Waals surface area contributed by atoms with Gasteiger partial charge in [-0.15, -0.1) is 0 Å². The lowest BCUT2D eigenvalue weighted by atomic mass is 10.1. The lowest BCUT2D eigenvalue weighted by Crippen LogP contribution is -2.13. The average Bonchev–Trinajstić information content (AvgIpc) is 2.74. The Morgan fingerprint density at radius 1 is 1.44 bits per heavy atom. The van der Waals surface area contributed by atoms with E-state index in [1.54, 1.807) is 0 Å². The van der Waals surface area contributed by atoms with Crippen molar-refractivity contribution in [1.82, 2.24) is 4.98 Å². The molecule has 1 aromatic heterocycles. The summed E-state index contributed by atoms with van der Waals surface area (Å²) < 4.78 is 5.96. The van der Waals surface area contributed by atoms with Crippen LogP contribution in [-0.2, 0) is 6.42 Å². The van der Waals surface area contributed by atoms with E-state index >= 15 is 0 Å². The molecule has 3 rings (SSSR count). The summed E-state index contributed by atoms with van der Waals surface area (Å²) >= 11 is 3.48. The van der Waals surface area contributed by atoms with Gasteiger partial charge in [-0.1, -0.05) is 28.1 Å². The molecule has 1 aliphatic rings. The molecule has 3 heteroatoms. The Morgan fingerprint density at radius 3 is 3.06 bits per heavy atom. The van der Waals surface area contributed by atoms with E-state index in [2.05, 4.69) is 33.9 Å². The van der Waals surface area contributed by atoms with Crippen LogP contribution in [0.3, 0.4) is 0 Å². The van der Waals surface area contributed by atoms with Gasteiger partial charge in [0.1, 0.15) is 11.9 Å². The van der Waals surface area contributed by atoms with Crippen LogP contribution in [0.4, 0.5) is 0 Å². The number of nitrogens with zero attached hydrogens (tertiary/aromatic N) is 1. The van der Waals surface area contributed by atoms with Gasteiger partial charge < -0.3 is 4.74 Å². The number of para-hydroxylation sites is 1. The maximum atomic E-state index is 5.96. The van der Waals surface area contributed by atoms with Crippen molar-refractivity contribution in [3.05, 3.63) is 35.5 Å². The molecule has 2 heterocycles. The number of hydrogen-bond acceptors (Lipinski definition) is 2. The molecule has 0 radical (unpaired) electrons. The van der Waals surface area contributed by atoms with E-state index in [0.717, 1.165) is 34.1 Å². The molecule has 1 atom stereocenters. The van der Waals surface area contributed by atoms with Gasteiger partial charge in [-0.05, 0) is 19.1 Å². The highest BCUT2D eigenvalue weighted by Gasteiger charge is 2.26. The Balaban J connectivity index is 2.27. The van der Waals surface area contributed by atoms with Gasteiger partial charge in [0, 0.05) is 28.4 Å². The zero-order chi connectivity index (χ0) is 11.1. The molecule has 0 saturated carbocycles. The smallest absolute Gasteiger partial charge is 0.134 e. The van der Waals surface area contributed by atoms with Crippen LogP contribution in [0.15, 0.2) is 24.3 Å². The number of halogens is 1. The molecule has 0 spiro atoms. The van der Waals surface area contributed by atoms with Crippen molar-refractivity contribution in [2.24, 2.45) is 0 Å². The molecule has 1 unspecified atom stereocenters. The Kier molecular flexibility index (Phi) is 2.36. The number of fused-ring (bicyclic) bond motifs is 3. The molecule has 0 N–H and O–H groups in total. The summed E-state index contributed by atoms with van der Waals surface area (Å²) in [5.41, 5.74) is 3.38. The lowest BCUT2D eigenvalue weighted by Gasteiger charge is -2.08. The Bertz CT molecular complexity index is 553. The summed E-state index contributed by atoms with van der Waals surface area (Å²) in [6.07, 6.45) is 1.21. The number of hydrogen-bond donors (Lipinski definition) is 0. The second-order valence-corrected chi connectivity index (χ2v) is 4.77. The second kappa shape index (κ2) is 3.74. The maximum absolute atomic E-state index is 5.96. The van der Waals surface area contributed by atoms with Gasteiger partial charge in [-0.25, -0.2) is 0 Å². The van der Waals surface area contributed by atoms with Crippen LogP contribution < -0.4 is 4.74 Å².